The van der Waals surface area contributed by atoms with E-state index < -0.39 is 5.82 Å². The van der Waals surface area contributed by atoms with Crippen LogP contribution in [0, 0.1) is 12.7 Å². The third kappa shape index (κ3) is 4.49. The molecular formula is C29H23FN2O4S. The molecule has 3 aromatic carbocycles. The summed E-state index contributed by atoms with van der Waals surface area (Å²) in [6, 6.07) is 17.5. The van der Waals surface area contributed by atoms with E-state index in [1.807, 2.05) is 43.3 Å². The van der Waals surface area contributed by atoms with E-state index in [1.165, 1.54) is 23.5 Å². The van der Waals surface area contributed by atoms with Crippen LogP contribution in [0.4, 0.5) is 10.1 Å². The second kappa shape index (κ2) is 9.44. The zero-order valence-electron chi connectivity index (χ0n) is 20.1. The van der Waals surface area contributed by atoms with Crippen LogP contribution in [-0.2, 0) is 24.1 Å². The number of carbonyl (C=O) groups excluding carboxylic acids is 2. The van der Waals surface area contributed by atoms with Crippen molar-refractivity contribution < 1.29 is 23.5 Å². The Balaban J connectivity index is 1.17. The van der Waals surface area contributed by atoms with Gasteiger partial charge in [0.15, 0.2) is 11.5 Å². The molecule has 37 heavy (non-hydrogen) atoms. The fourth-order valence-electron chi connectivity index (χ4n) is 4.84. The normalized spacial score (nSPS) is 13.6. The maximum atomic E-state index is 14.2. The number of halogens is 1. The molecule has 2 aliphatic heterocycles. The first-order valence-electron chi connectivity index (χ1n) is 12.0. The number of rotatable bonds is 6. The number of aryl methyl sites for hydroxylation is 1. The molecule has 0 aliphatic carbocycles. The van der Waals surface area contributed by atoms with Crippen molar-refractivity contribution in [1.29, 1.82) is 0 Å². The summed E-state index contributed by atoms with van der Waals surface area (Å²) < 4.78 is 24.9. The molecule has 6 rings (SSSR count). The Kier molecular flexibility index (Phi) is 5.96. The lowest BCUT2D eigenvalue weighted by molar-refractivity contribution is -0.117. The van der Waals surface area contributed by atoms with Crippen molar-refractivity contribution in [3.63, 3.8) is 0 Å². The van der Waals surface area contributed by atoms with Gasteiger partial charge in [-0.2, -0.15) is 0 Å². The largest absolute Gasteiger partial charge is 0.454 e. The summed E-state index contributed by atoms with van der Waals surface area (Å²) in [6.07, 6.45) is 1.25. The summed E-state index contributed by atoms with van der Waals surface area (Å²) in [6.45, 7) is 2.71. The molecule has 0 fully saturated rings. The number of fused-ring (bicyclic) bond motifs is 2. The summed E-state index contributed by atoms with van der Waals surface area (Å²) >= 11 is 1.52. The molecule has 0 saturated carbocycles. The second-order valence-corrected chi connectivity index (χ2v) is 10.4. The molecular weight excluding hydrogens is 491 g/mol. The van der Waals surface area contributed by atoms with Gasteiger partial charge in [0.25, 0.3) is 5.91 Å². The highest BCUT2D eigenvalue weighted by Gasteiger charge is 2.28. The third-order valence-electron chi connectivity index (χ3n) is 6.63. The third-order valence-corrected chi connectivity index (χ3v) is 7.60. The van der Waals surface area contributed by atoms with Gasteiger partial charge in [0.2, 0.25) is 6.79 Å². The van der Waals surface area contributed by atoms with Crippen LogP contribution in [0.3, 0.4) is 0 Å². The van der Waals surface area contributed by atoms with Gasteiger partial charge in [0.05, 0.1) is 17.7 Å². The van der Waals surface area contributed by atoms with Gasteiger partial charge < -0.3 is 14.4 Å². The van der Waals surface area contributed by atoms with Gasteiger partial charge in [0, 0.05) is 29.1 Å². The fraction of sp³-hybridized carbons (Fsp3) is 0.207. The van der Waals surface area contributed by atoms with Crippen LogP contribution in [0.15, 0.2) is 60.7 Å². The minimum Gasteiger partial charge on any atom is -0.454 e. The lowest BCUT2D eigenvalue weighted by Crippen LogP contribution is -2.29. The van der Waals surface area contributed by atoms with Crippen LogP contribution in [0.1, 0.15) is 31.4 Å². The van der Waals surface area contributed by atoms with Gasteiger partial charge in [-0.15, -0.1) is 11.3 Å². The summed E-state index contributed by atoms with van der Waals surface area (Å²) in [7, 11) is 0. The number of aromatic nitrogens is 1. The zero-order chi connectivity index (χ0) is 25.5. The molecule has 0 N–H and O–H groups in total. The highest BCUT2D eigenvalue weighted by molar-refractivity contribution is 7.12. The number of anilines is 1. The Morgan fingerprint density at radius 2 is 1.86 bits per heavy atom. The number of carbonyl (C=O) groups is 2. The summed E-state index contributed by atoms with van der Waals surface area (Å²) in [5, 5.41) is 0.773. The predicted molar refractivity (Wildman–Crippen MR) is 139 cm³/mol. The number of hydrogen-bond acceptors (Lipinski definition) is 6. The molecule has 0 spiro atoms. The molecule has 186 valence electrons. The van der Waals surface area contributed by atoms with Gasteiger partial charge in [-0.1, -0.05) is 24.3 Å². The van der Waals surface area contributed by atoms with Crippen LogP contribution < -0.4 is 14.4 Å². The summed E-state index contributed by atoms with van der Waals surface area (Å²) in [5.74, 6) is 0.596. The molecule has 0 bridgehead atoms. The number of amides is 1. The minimum absolute atomic E-state index is 0.0739. The maximum absolute atomic E-state index is 14.2. The zero-order valence-corrected chi connectivity index (χ0v) is 20.9. The van der Waals surface area contributed by atoms with E-state index in [1.54, 1.807) is 17.0 Å². The van der Waals surface area contributed by atoms with E-state index in [0.29, 0.717) is 30.9 Å². The maximum Gasteiger partial charge on any atom is 0.261 e. The Labute approximate surface area is 217 Å². The highest BCUT2D eigenvalue weighted by atomic mass is 32.1. The molecule has 1 aromatic heterocycles. The molecule has 0 atom stereocenters. The van der Waals surface area contributed by atoms with Gasteiger partial charge >= 0.3 is 0 Å². The average molecular weight is 515 g/mol. The van der Waals surface area contributed by atoms with E-state index in [0.717, 1.165) is 38.0 Å². The number of Topliss-reactive ketones (excluding diaryl/α,β-unsaturated/α-hetero) is 1. The Morgan fingerprint density at radius 1 is 1.03 bits per heavy atom. The number of thiazole rings is 1. The first kappa shape index (κ1) is 23.4. The van der Waals surface area contributed by atoms with Crippen LogP contribution in [-0.4, -0.2) is 30.0 Å². The van der Waals surface area contributed by atoms with Crippen molar-refractivity contribution in [1.82, 2.24) is 4.98 Å². The van der Waals surface area contributed by atoms with E-state index in [4.69, 9.17) is 14.5 Å². The fourth-order valence-corrected chi connectivity index (χ4v) is 5.83. The topological polar surface area (TPSA) is 68.7 Å². The minimum atomic E-state index is -0.517. The molecule has 1 amide bonds. The van der Waals surface area contributed by atoms with Crippen LogP contribution >= 0.6 is 11.3 Å². The number of benzene rings is 3. The van der Waals surface area contributed by atoms with Gasteiger partial charge in [-0.3, -0.25) is 9.59 Å². The number of hydrogen-bond donors (Lipinski definition) is 0. The highest BCUT2D eigenvalue weighted by Crippen LogP contribution is 2.36. The monoisotopic (exact) mass is 514 g/mol. The van der Waals surface area contributed by atoms with Crippen LogP contribution in [0.5, 0.6) is 11.5 Å². The quantitative estimate of drug-likeness (QED) is 0.338. The lowest BCUT2D eigenvalue weighted by Gasteiger charge is -2.18. The number of nitrogens with zero attached hydrogens (tertiary/aromatic N) is 2. The number of ketones is 1. The molecule has 2 aliphatic rings. The van der Waals surface area contributed by atoms with Gasteiger partial charge in [-0.05, 0) is 60.9 Å². The Hall–Kier alpha value is -4.04. The average Bonchev–Trinajstić information content (AvgIpc) is 3.61. The van der Waals surface area contributed by atoms with Gasteiger partial charge in [-0.25, -0.2) is 9.37 Å². The van der Waals surface area contributed by atoms with Crippen molar-refractivity contribution in [2.24, 2.45) is 0 Å². The summed E-state index contributed by atoms with van der Waals surface area (Å²) in [5.41, 5.74) is 4.57. The predicted octanol–water partition coefficient (Wildman–Crippen LogP) is 5.54. The lowest BCUT2D eigenvalue weighted by atomic mass is 10.0. The molecule has 4 aromatic rings. The second-order valence-electron chi connectivity index (χ2n) is 9.12. The Morgan fingerprint density at radius 3 is 2.73 bits per heavy atom. The molecule has 0 radical (unpaired) electrons. The summed E-state index contributed by atoms with van der Waals surface area (Å²) in [4.78, 5) is 33.2. The van der Waals surface area contributed by atoms with Crippen molar-refractivity contribution in [3.8, 4) is 22.8 Å². The molecule has 0 unspecified atom stereocenters. The van der Waals surface area contributed by atoms with Crippen molar-refractivity contribution in [2.75, 3.05) is 18.2 Å². The molecule has 3 heterocycles. The number of ether oxygens (including phenoxy) is 2. The first-order chi connectivity index (χ1) is 18.0. The molecule has 0 saturated heterocycles. The van der Waals surface area contributed by atoms with E-state index in [9.17, 15) is 14.0 Å². The van der Waals surface area contributed by atoms with Crippen LogP contribution in [0.2, 0.25) is 0 Å². The standard InChI is InChI=1S/C29H23FN2O4S/c1-17-28(31-27(37-17)15-21(33)12-18-6-9-25-26(13-18)36-16-35-25)20-7-8-24-19(14-20)10-11-32(24)29(34)22-4-2-3-5-23(22)30/h2-9,13-14H,10-12,15-16H2,1H3. The van der Waals surface area contributed by atoms with E-state index >= 15 is 0 Å². The van der Waals surface area contributed by atoms with E-state index in [-0.39, 0.29) is 30.5 Å². The Bertz CT molecular complexity index is 1550. The van der Waals surface area contributed by atoms with Crippen molar-refractivity contribution in [2.45, 2.75) is 26.2 Å². The first-order valence-corrected chi connectivity index (χ1v) is 12.8. The van der Waals surface area contributed by atoms with E-state index in [2.05, 4.69) is 0 Å². The van der Waals surface area contributed by atoms with Gasteiger partial charge in [0.1, 0.15) is 16.6 Å². The SMILES string of the molecule is Cc1sc(CC(=O)Cc2ccc3c(c2)OCO3)nc1-c1ccc2c(c1)CCN2C(=O)c1ccccc1F. The van der Waals surface area contributed by atoms with Crippen molar-refractivity contribution >= 4 is 28.7 Å². The van der Waals surface area contributed by atoms with Crippen LogP contribution in [0.25, 0.3) is 11.3 Å². The smallest absolute Gasteiger partial charge is 0.261 e. The molecule has 8 heteroatoms. The van der Waals surface area contributed by atoms with Crippen molar-refractivity contribution in [3.05, 3.63) is 93.1 Å². The molecule has 6 nitrogen and oxygen atoms in total.